The summed E-state index contributed by atoms with van der Waals surface area (Å²) in [6, 6.07) is 0.104. The summed E-state index contributed by atoms with van der Waals surface area (Å²) in [5.41, 5.74) is 0.726. The number of fused-ring (bicyclic) bond motifs is 3. The molecule has 1 fully saturated rings. The van der Waals surface area contributed by atoms with Gasteiger partial charge in [-0.05, 0) is 70.8 Å². The lowest BCUT2D eigenvalue weighted by molar-refractivity contribution is -0.108. The summed E-state index contributed by atoms with van der Waals surface area (Å²) in [7, 11) is 0. The van der Waals surface area contributed by atoms with Crippen LogP contribution >= 0.6 is 11.3 Å². The van der Waals surface area contributed by atoms with Gasteiger partial charge in [-0.25, -0.2) is 14.8 Å². The number of thiophene rings is 1. The summed E-state index contributed by atoms with van der Waals surface area (Å²) in [5.74, 6) is 0.882. The Hall–Kier alpha value is -2.22. The van der Waals surface area contributed by atoms with E-state index >= 15 is 0 Å². The number of ether oxygens (including phenoxy) is 2. The van der Waals surface area contributed by atoms with Crippen molar-refractivity contribution in [1.82, 2.24) is 15.3 Å². The van der Waals surface area contributed by atoms with Crippen molar-refractivity contribution in [2.24, 2.45) is 0 Å². The predicted octanol–water partition coefficient (Wildman–Crippen LogP) is 4.52. The predicted molar refractivity (Wildman–Crippen MR) is 115 cm³/mol. The van der Waals surface area contributed by atoms with Crippen LogP contribution in [0.15, 0.2) is 6.33 Å². The third-order valence-corrected chi connectivity index (χ3v) is 6.92. The van der Waals surface area contributed by atoms with Crippen molar-refractivity contribution in [1.29, 1.82) is 0 Å². The van der Waals surface area contributed by atoms with E-state index in [1.165, 1.54) is 10.4 Å². The lowest BCUT2D eigenvalue weighted by Gasteiger charge is -2.30. The van der Waals surface area contributed by atoms with Gasteiger partial charge < -0.3 is 19.6 Å². The molecule has 0 radical (unpaired) electrons. The number of aromatic nitrogens is 2. The number of aryl methyl sites for hydroxylation is 1. The maximum Gasteiger partial charge on any atom is 0.407 e. The number of hydrogen-bond acceptors (Lipinski definition) is 7. The Morgan fingerprint density at radius 2 is 2.00 bits per heavy atom. The molecule has 162 valence electrons. The van der Waals surface area contributed by atoms with Gasteiger partial charge in [0, 0.05) is 17.3 Å². The van der Waals surface area contributed by atoms with Gasteiger partial charge in [0.05, 0.1) is 5.39 Å². The van der Waals surface area contributed by atoms with E-state index in [-0.39, 0.29) is 24.2 Å². The highest BCUT2D eigenvalue weighted by Gasteiger charge is 2.31. The Kier molecular flexibility index (Phi) is 5.95. The molecule has 1 amide bonds. The molecule has 0 aliphatic heterocycles. The van der Waals surface area contributed by atoms with Gasteiger partial charge in [0.1, 0.15) is 29.1 Å². The first kappa shape index (κ1) is 21.0. The maximum atomic E-state index is 12.0. The Morgan fingerprint density at radius 3 is 2.70 bits per heavy atom. The molecule has 0 bridgehead atoms. The van der Waals surface area contributed by atoms with E-state index in [1.54, 1.807) is 17.7 Å². The lowest BCUT2D eigenvalue weighted by Crippen LogP contribution is -2.42. The quantitative estimate of drug-likeness (QED) is 0.700. The van der Waals surface area contributed by atoms with E-state index in [0.717, 1.165) is 55.0 Å². The number of alkyl carbamates (subject to hydrolysis) is 1. The van der Waals surface area contributed by atoms with E-state index in [2.05, 4.69) is 15.3 Å². The molecule has 30 heavy (non-hydrogen) atoms. The van der Waals surface area contributed by atoms with Crippen LogP contribution in [0, 0.1) is 0 Å². The van der Waals surface area contributed by atoms with E-state index in [4.69, 9.17) is 9.47 Å². The Balaban J connectivity index is 1.41. The number of rotatable bonds is 5. The zero-order chi connectivity index (χ0) is 21.3. The molecule has 8 heteroatoms. The van der Waals surface area contributed by atoms with E-state index in [0.29, 0.717) is 12.3 Å². The van der Waals surface area contributed by atoms with Crippen LogP contribution in [0.5, 0.6) is 5.88 Å². The van der Waals surface area contributed by atoms with Crippen molar-refractivity contribution in [2.75, 3.05) is 0 Å². The number of carbonyl (C=O) groups excluding carboxylic acids is 2. The summed E-state index contributed by atoms with van der Waals surface area (Å²) in [4.78, 5) is 34.3. The molecule has 0 unspecified atom stereocenters. The van der Waals surface area contributed by atoms with Crippen LogP contribution in [0.3, 0.4) is 0 Å². The summed E-state index contributed by atoms with van der Waals surface area (Å²) >= 11 is 1.70. The van der Waals surface area contributed by atoms with Gasteiger partial charge in [-0.15, -0.1) is 11.3 Å². The highest BCUT2D eigenvalue weighted by Crippen LogP contribution is 2.47. The molecule has 2 aliphatic carbocycles. The van der Waals surface area contributed by atoms with Crippen LogP contribution in [0.25, 0.3) is 10.2 Å². The standard InChI is InChI=1S/C22H29N3O4S/c1-22(2,3)29-21(27)25-14-5-7-15(8-6-14)28-19-18-17-13(10-11-26)4-9-16(17)30-20(18)24-12-23-19/h11-15H,4-10H2,1-3H3,(H,25,27)/t13-,14?,15?/m1/s1. The van der Waals surface area contributed by atoms with E-state index in [9.17, 15) is 9.59 Å². The monoisotopic (exact) mass is 431 g/mol. The van der Waals surface area contributed by atoms with E-state index in [1.807, 2.05) is 20.8 Å². The molecule has 7 nitrogen and oxygen atoms in total. The Morgan fingerprint density at radius 1 is 1.23 bits per heavy atom. The minimum absolute atomic E-state index is 0.0567. The topological polar surface area (TPSA) is 90.4 Å². The molecular weight excluding hydrogens is 402 g/mol. The van der Waals surface area contributed by atoms with Crippen molar-refractivity contribution in [3.8, 4) is 5.88 Å². The second-order valence-corrected chi connectivity index (χ2v) is 10.3. The molecule has 2 heterocycles. The van der Waals surface area contributed by atoms with Crippen LogP contribution in [-0.2, 0) is 16.0 Å². The van der Waals surface area contributed by atoms with Crippen molar-refractivity contribution in [3.63, 3.8) is 0 Å². The third-order valence-electron chi connectivity index (χ3n) is 5.75. The van der Waals surface area contributed by atoms with Crippen LogP contribution in [0.1, 0.15) is 75.7 Å². The van der Waals surface area contributed by atoms with Gasteiger partial charge in [0.25, 0.3) is 0 Å². The lowest BCUT2D eigenvalue weighted by atomic mass is 9.93. The second kappa shape index (κ2) is 8.49. The summed E-state index contributed by atoms with van der Waals surface area (Å²) in [5, 5.41) is 3.96. The van der Waals surface area contributed by atoms with Crippen LogP contribution in [0.4, 0.5) is 4.79 Å². The normalized spacial score (nSPS) is 23.8. The Bertz CT molecular complexity index is 928. The number of amides is 1. The fourth-order valence-electron chi connectivity index (χ4n) is 4.44. The zero-order valence-electron chi connectivity index (χ0n) is 17.8. The first-order chi connectivity index (χ1) is 14.3. The van der Waals surface area contributed by atoms with Crippen molar-refractivity contribution < 1.29 is 19.1 Å². The van der Waals surface area contributed by atoms with Gasteiger partial charge in [-0.1, -0.05) is 0 Å². The van der Waals surface area contributed by atoms with E-state index < -0.39 is 5.60 Å². The highest BCUT2D eigenvalue weighted by molar-refractivity contribution is 7.19. The van der Waals surface area contributed by atoms with Crippen molar-refractivity contribution in [2.45, 2.75) is 89.4 Å². The summed E-state index contributed by atoms with van der Waals surface area (Å²) < 4.78 is 11.7. The molecule has 1 N–H and O–H groups in total. The fraction of sp³-hybridized carbons (Fsp3) is 0.636. The third kappa shape index (κ3) is 4.58. The molecule has 0 aromatic carbocycles. The van der Waals surface area contributed by atoms with Crippen molar-refractivity contribution in [3.05, 3.63) is 16.8 Å². The van der Waals surface area contributed by atoms with Gasteiger partial charge in [0.2, 0.25) is 5.88 Å². The van der Waals surface area contributed by atoms with Crippen molar-refractivity contribution >= 4 is 33.9 Å². The molecule has 4 rings (SSSR count). The summed E-state index contributed by atoms with van der Waals surface area (Å²) in [6.07, 6.45) is 8.17. The van der Waals surface area contributed by atoms with Gasteiger partial charge in [-0.2, -0.15) is 0 Å². The number of nitrogens with zero attached hydrogens (tertiary/aromatic N) is 2. The molecule has 2 aromatic rings. The molecule has 0 spiro atoms. The van der Waals surface area contributed by atoms with Gasteiger partial charge in [-0.3, -0.25) is 0 Å². The van der Waals surface area contributed by atoms with Gasteiger partial charge in [0.15, 0.2) is 0 Å². The average Bonchev–Trinajstić information content (AvgIpc) is 3.22. The molecule has 1 atom stereocenters. The Labute approximate surface area is 180 Å². The molecular formula is C22H29N3O4S. The number of carbonyl (C=O) groups is 2. The molecule has 1 saturated carbocycles. The zero-order valence-corrected chi connectivity index (χ0v) is 18.6. The largest absolute Gasteiger partial charge is 0.474 e. The van der Waals surface area contributed by atoms with Crippen LogP contribution < -0.4 is 10.1 Å². The maximum absolute atomic E-state index is 12.0. The van der Waals surface area contributed by atoms with Gasteiger partial charge >= 0.3 is 6.09 Å². The fourth-order valence-corrected chi connectivity index (χ4v) is 5.67. The smallest absolute Gasteiger partial charge is 0.407 e. The molecule has 2 aromatic heterocycles. The number of hydrogen-bond donors (Lipinski definition) is 1. The minimum Gasteiger partial charge on any atom is -0.474 e. The first-order valence-electron chi connectivity index (χ1n) is 10.7. The van der Waals surface area contributed by atoms with Crippen LogP contribution in [0.2, 0.25) is 0 Å². The minimum atomic E-state index is -0.495. The molecule has 2 aliphatic rings. The first-order valence-corrected chi connectivity index (χ1v) is 11.5. The SMILES string of the molecule is CC(C)(C)OC(=O)NC1CCC(Oc2ncnc3sc4c(c23)[C@@H](CC=O)CC4)CC1. The number of aldehydes is 1. The molecule has 0 saturated heterocycles. The number of nitrogens with one attached hydrogen (secondary N) is 1. The second-order valence-electron chi connectivity index (χ2n) is 9.17. The highest BCUT2D eigenvalue weighted by atomic mass is 32.1. The average molecular weight is 432 g/mol. The summed E-state index contributed by atoms with van der Waals surface area (Å²) in [6.45, 7) is 5.59. The van der Waals surface area contributed by atoms with Crippen LogP contribution in [-0.4, -0.2) is 40.1 Å².